The number of hydrogen-bond acceptors (Lipinski definition) is 6. The molecular weight excluding hydrogens is 420 g/mol. The molecule has 0 saturated carbocycles. The summed E-state index contributed by atoms with van der Waals surface area (Å²) < 4.78 is 5.37. The lowest BCUT2D eigenvalue weighted by atomic mass is 10.2. The number of thiocarbonyl (C=S) groups is 1. The highest BCUT2D eigenvalue weighted by atomic mass is 32.2. The molecule has 0 spiro atoms. The average molecular weight is 441 g/mol. The third-order valence-electron chi connectivity index (χ3n) is 4.21. The van der Waals surface area contributed by atoms with Gasteiger partial charge in [0.2, 0.25) is 5.91 Å². The van der Waals surface area contributed by atoms with Crippen LogP contribution in [-0.2, 0) is 14.3 Å². The first-order chi connectivity index (χ1) is 14.5. The number of thioether (sulfide) groups is 1. The van der Waals surface area contributed by atoms with E-state index in [4.69, 9.17) is 17.0 Å². The Morgan fingerprint density at radius 2 is 1.83 bits per heavy atom. The van der Waals surface area contributed by atoms with Crippen LogP contribution >= 0.6 is 24.0 Å². The molecule has 1 fully saturated rings. The highest BCUT2D eigenvalue weighted by Crippen LogP contribution is 2.32. The van der Waals surface area contributed by atoms with Gasteiger partial charge in [-0.3, -0.25) is 14.5 Å². The fourth-order valence-corrected chi connectivity index (χ4v) is 4.04. The van der Waals surface area contributed by atoms with Crippen molar-refractivity contribution in [1.82, 2.24) is 4.90 Å². The number of anilines is 1. The number of amides is 2. The van der Waals surface area contributed by atoms with Gasteiger partial charge in [0.15, 0.2) is 0 Å². The quantitative estimate of drug-likeness (QED) is 0.397. The van der Waals surface area contributed by atoms with Crippen LogP contribution in [0.25, 0.3) is 6.08 Å². The van der Waals surface area contributed by atoms with E-state index in [0.717, 1.165) is 5.56 Å². The molecule has 2 aromatic rings. The van der Waals surface area contributed by atoms with E-state index in [2.05, 4.69) is 5.32 Å². The molecule has 1 aliphatic heterocycles. The van der Waals surface area contributed by atoms with Crippen molar-refractivity contribution >= 4 is 57.8 Å². The molecule has 8 heteroatoms. The number of carbonyl (C=O) groups is 3. The Morgan fingerprint density at radius 3 is 2.50 bits per heavy atom. The molecule has 3 rings (SSSR count). The molecule has 0 bridgehead atoms. The van der Waals surface area contributed by atoms with Crippen molar-refractivity contribution in [3.05, 3.63) is 70.6 Å². The number of esters is 1. The van der Waals surface area contributed by atoms with E-state index >= 15 is 0 Å². The van der Waals surface area contributed by atoms with Crippen LogP contribution in [0, 0.1) is 0 Å². The normalized spacial score (nSPS) is 14.8. The molecule has 0 aromatic heterocycles. The van der Waals surface area contributed by atoms with Gasteiger partial charge in [-0.1, -0.05) is 54.3 Å². The summed E-state index contributed by atoms with van der Waals surface area (Å²) in [5, 5.41) is 2.75. The van der Waals surface area contributed by atoms with Crippen molar-refractivity contribution in [2.75, 3.05) is 18.5 Å². The monoisotopic (exact) mass is 440 g/mol. The second-order valence-electron chi connectivity index (χ2n) is 6.34. The van der Waals surface area contributed by atoms with E-state index in [0.29, 0.717) is 27.1 Å². The third-order valence-corrected chi connectivity index (χ3v) is 5.59. The minimum absolute atomic E-state index is 0.102. The summed E-state index contributed by atoms with van der Waals surface area (Å²) >= 11 is 6.54. The molecule has 1 heterocycles. The summed E-state index contributed by atoms with van der Waals surface area (Å²) in [4.78, 5) is 38.5. The third kappa shape index (κ3) is 5.55. The van der Waals surface area contributed by atoms with Gasteiger partial charge in [-0.05, 0) is 42.8 Å². The molecule has 1 aliphatic rings. The van der Waals surface area contributed by atoms with E-state index in [1.54, 1.807) is 37.3 Å². The number of carbonyl (C=O) groups excluding carboxylic acids is 3. The molecular formula is C22H20N2O4S2. The minimum atomic E-state index is -0.409. The van der Waals surface area contributed by atoms with Gasteiger partial charge in [0.1, 0.15) is 4.32 Å². The molecule has 0 aliphatic carbocycles. The molecule has 1 saturated heterocycles. The Bertz CT molecular complexity index is 988. The zero-order valence-electron chi connectivity index (χ0n) is 16.3. The molecule has 1 N–H and O–H groups in total. The molecule has 2 aromatic carbocycles. The molecule has 30 heavy (non-hydrogen) atoms. The van der Waals surface area contributed by atoms with Gasteiger partial charge >= 0.3 is 5.97 Å². The average Bonchev–Trinajstić information content (AvgIpc) is 3.00. The fraction of sp³-hybridized carbons (Fsp3) is 0.182. The standard InChI is InChI=1S/C22H20N2O4S2/c1-2-28-21(27)16-8-10-17(11-9-16)23-19(25)12-13-24-20(26)18(30-22(24)29)14-15-6-4-3-5-7-15/h3-11,14H,2,12-13H2,1H3,(H,23,25). The molecule has 6 nitrogen and oxygen atoms in total. The summed E-state index contributed by atoms with van der Waals surface area (Å²) in [5.41, 5.74) is 1.89. The lowest BCUT2D eigenvalue weighted by Crippen LogP contribution is -2.31. The topological polar surface area (TPSA) is 75.7 Å². The first-order valence-electron chi connectivity index (χ1n) is 9.35. The number of nitrogens with zero attached hydrogens (tertiary/aromatic N) is 1. The van der Waals surface area contributed by atoms with Crippen molar-refractivity contribution in [2.24, 2.45) is 0 Å². The van der Waals surface area contributed by atoms with Crippen LogP contribution in [0.5, 0.6) is 0 Å². The summed E-state index contributed by atoms with van der Waals surface area (Å²) in [6, 6.07) is 16.0. The molecule has 0 atom stereocenters. The van der Waals surface area contributed by atoms with Crippen LogP contribution in [0.2, 0.25) is 0 Å². The van der Waals surface area contributed by atoms with Gasteiger partial charge in [0.25, 0.3) is 5.91 Å². The van der Waals surface area contributed by atoms with Gasteiger partial charge in [-0.15, -0.1) is 0 Å². The summed E-state index contributed by atoms with van der Waals surface area (Å²) in [6.45, 7) is 2.24. The highest BCUT2D eigenvalue weighted by molar-refractivity contribution is 8.26. The Balaban J connectivity index is 1.54. The Kier molecular flexibility index (Phi) is 7.37. The van der Waals surface area contributed by atoms with Crippen LogP contribution in [0.4, 0.5) is 5.69 Å². The fourth-order valence-electron chi connectivity index (χ4n) is 2.73. The van der Waals surface area contributed by atoms with E-state index in [1.165, 1.54) is 16.7 Å². The van der Waals surface area contributed by atoms with E-state index in [9.17, 15) is 14.4 Å². The SMILES string of the molecule is CCOC(=O)c1ccc(NC(=O)CCN2C(=O)C(=Cc3ccccc3)SC2=S)cc1. The van der Waals surface area contributed by atoms with Crippen molar-refractivity contribution in [1.29, 1.82) is 0 Å². The van der Waals surface area contributed by atoms with Crippen LogP contribution < -0.4 is 5.32 Å². The molecule has 2 amide bonds. The van der Waals surface area contributed by atoms with Crippen molar-refractivity contribution in [2.45, 2.75) is 13.3 Å². The number of benzene rings is 2. The maximum absolute atomic E-state index is 12.6. The lowest BCUT2D eigenvalue weighted by Gasteiger charge is -2.14. The molecule has 154 valence electrons. The predicted octanol–water partition coefficient (Wildman–Crippen LogP) is 4.09. The van der Waals surface area contributed by atoms with Crippen LogP contribution in [0.15, 0.2) is 59.5 Å². The Labute approximate surface area is 184 Å². The van der Waals surface area contributed by atoms with Crippen molar-refractivity contribution in [3.63, 3.8) is 0 Å². The Morgan fingerprint density at radius 1 is 1.13 bits per heavy atom. The van der Waals surface area contributed by atoms with Crippen molar-refractivity contribution < 1.29 is 19.1 Å². The largest absolute Gasteiger partial charge is 0.462 e. The van der Waals surface area contributed by atoms with E-state index in [1.807, 2.05) is 30.3 Å². The summed E-state index contributed by atoms with van der Waals surface area (Å²) in [6.07, 6.45) is 1.90. The maximum atomic E-state index is 12.6. The van der Waals surface area contributed by atoms with E-state index in [-0.39, 0.29) is 24.8 Å². The highest BCUT2D eigenvalue weighted by Gasteiger charge is 2.32. The maximum Gasteiger partial charge on any atom is 0.338 e. The van der Waals surface area contributed by atoms with Gasteiger partial charge in [-0.25, -0.2) is 4.79 Å². The zero-order valence-corrected chi connectivity index (χ0v) is 17.9. The number of hydrogen-bond donors (Lipinski definition) is 1. The van der Waals surface area contributed by atoms with Gasteiger partial charge < -0.3 is 10.1 Å². The molecule has 0 radical (unpaired) electrons. The lowest BCUT2D eigenvalue weighted by molar-refractivity contribution is -0.122. The van der Waals surface area contributed by atoms with Crippen LogP contribution in [-0.4, -0.2) is 40.2 Å². The predicted molar refractivity (Wildman–Crippen MR) is 122 cm³/mol. The summed E-state index contributed by atoms with van der Waals surface area (Å²) in [7, 11) is 0. The second-order valence-corrected chi connectivity index (χ2v) is 8.02. The van der Waals surface area contributed by atoms with Gasteiger partial charge in [0, 0.05) is 18.7 Å². The van der Waals surface area contributed by atoms with Crippen LogP contribution in [0.1, 0.15) is 29.3 Å². The Hall–Kier alpha value is -2.97. The minimum Gasteiger partial charge on any atom is -0.462 e. The second kappa shape index (κ2) is 10.2. The van der Waals surface area contributed by atoms with Crippen molar-refractivity contribution in [3.8, 4) is 0 Å². The van der Waals surface area contributed by atoms with Gasteiger partial charge in [-0.2, -0.15) is 0 Å². The number of nitrogens with one attached hydrogen (secondary N) is 1. The first kappa shape index (κ1) is 21.7. The molecule has 0 unspecified atom stereocenters. The summed E-state index contributed by atoms with van der Waals surface area (Å²) in [5.74, 6) is -0.853. The number of ether oxygens (including phenoxy) is 1. The smallest absolute Gasteiger partial charge is 0.338 e. The first-order valence-corrected chi connectivity index (χ1v) is 10.6. The van der Waals surface area contributed by atoms with E-state index < -0.39 is 5.97 Å². The number of rotatable bonds is 7. The zero-order chi connectivity index (χ0) is 21.5. The van der Waals surface area contributed by atoms with Crippen LogP contribution in [0.3, 0.4) is 0 Å². The van der Waals surface area contributed by atoms with Gasteiger partial charge in [0.05, 0.1) is 17.1 Å².